The Morgan fingerprint density at radius 1 is 1.42 bits per heavy atom. The predicted octanol–water partition coefficient (Wildman–Crippen LogP) is 1.51. The Hall–Kier alpha value is -0.120. The van der Waals surface area contributed by atoms with Crippen molar-refractivity contribution in [2.24, 2.45) is 11.1 Å². The standard InChI is InChI=1S/C9H22N2O/c1-7(11-12)5-8(10)6-9(2,3)4/h7-8,11-12H,5-6,10H2,1-4H3. The largest absolute Gasteiger partial charge is 0.328 e. The highest BCUT2D eigenvalue weighted by Gasteiger charge is 2.17. The molecule has 0 aliphatic rings. The minimum atomic E-state index is 0.0855. The minimum Gasteiger partial charge on any atom is -0.328 e. The Morgan fingerprint density at radius 3 is 2.25 bits per heavy atom. The fraction of sp³-hybridized carbons (Fsp3) is 1.00. The van der Waals surface area contributed by atoms with Crippen LogP contribution in [0.5, 0.6) is 0 Å². The van der Waals surface area contributed by atoms with Gasteiger partial charge >= 0.3 is 0 Å². The van der Waals surface area contributed by atoms with Crippen molar-refractivity contribution in [1.82, 2.24) is 5.48 Å². The lowest BCUT2D eigenvalue weighted by molar-refractivity contribution is 0.122. The van der Waals surface area contributed by atoms with Crippen LogP contribution in [0.1, 0.15) is 40.5 Å². The van der Waals surface area contributed by atoms with Crippen LogP contribution in [-0.2, 0) is 0 Å². The molecule has 0 spiro atoms. The van der Waals surface area contributed by atoms with E-state index < -0.39 is 0 Å². The fourth-order valence-corrected chi connectivity index (χ4v) is 1.38. The van der Waals surface area contributed by atoms with Gasteiger partial charge in [0, 0.05) is 12.1 Å². The van der Waals surface area contributed by atoms with Crippen molar-refractivity contribution in [1.29, 1.82) is 0 Å². The SMILES string of the molecule is CC(CC(N)CC(C)(C)C)NO. The summed E-state index contributed by atoms with van der Waals surface area (Å²) in [6, 6.07) is 0.252. The van der Waals surface area contributed by atoms with Crippen molar-refractivity contribution in [2.75, 3.05) is 0 Å². The zero-order chi connectivity index (χ0) is 9.78. The van der Waals surface area contributed by atoms with E-state index >= 15 is 0 Å². The minimum absolute atomic E-state index is 0.0855. The van der Waals surface area contributed by atoms with E-state index in [1.807, 2.05) is 6.92 Å². The first-order valence-corrected chi connectivity index (χ1v) is 4.50. The smallest absolute Gasteiger partial charge is 0.0306 e. The normalized spacial score (nSPS) is 17.5. The molecule has 0 bridgehead atoms. The number of nitrogens with two attached hydrogens (primary N) is 1. The van der Waals surface area contributed by atoms with Gasteiger partial charge < -0.3 is 10.9 Å². The Kier molecular flexibility index (Phi) is 4.75. The van der Waals surface area contributed by atoms with Gasteiger partial charge in [-0.05, 0) is 25.2 Å². The van der Waals surface area contributed by atoms with Crippen molar-refractivity contribution in [3.63, 3.8) is 0 Å². The van der Waals surface area contributed by atoms with Crippen LogP contribution in [-0.4, -0.2) is 17.3 Å². The van der Waals surface area contributed by atoms with Crippen molar-refractivity contribution in [3.8, 4) is 0 Å². The van der Waals surface area contributed by atoms with E-state index in [9.17, 15) is 0 Å². The molecule has 0 aliphatic carbocycles. The van der Waals surface area contributed by atoms with Crippen LogP contribution in [0.15, 0.2) is 0 Å². The summed E-state index contributed by atoms with van der Waals surface area (Å²) in [4.78, 5) is 0. The Morgan fingerprint density at radius 2 is 1.92 bits per heavy atom. The van der Waals surface area contributed by atoms with Crippen LogP contribution in [0.2, 0.25) is 0 Å². The van der Waals surface area contributed by atoms with Crippen molar-refractivity contribution < 1.29 is 5.21 Å². The lowest BCUT2D eigenvalue weighted by atomic mass is 9.86. The quantitative estimate of drug-likeness (QED) is 0.566. The third-order valence-electron chi connectivity index (χ3n) is 1.75. The Bertz CT molecular complexity index is 120. The molecule has 3 nitrogen and oxygen atoms in total. The van der Waals surface area contributed by atoms with Crippen LogP contribution in [0.4, 0.5) is 0 Å². The molecule has 0 saturated carbocycles. The third-order valence-corrected chi connectivity index (χ3v) is 1.75. The molecular formula is C9H22N2O. The Labute approximate surface area is 75.3 Å². The molecule has 2 unspecified atom stereocenters. The van der Waals surface area contributed by atoms with Crippen molar-refractivity contribution in [3.05, 3.63) is 0 Å². The summed E-state index contributed by atoms with van der Waals surface area (Å²) in [7, 11) is 0. The molecule has 12 heavy (non-hydrogen) atoms. The average molecular weight is 174 g/mol. The Balaban J connectivity index is 3.66. The van der Waals surface area contributed by atoms with Gasteiger partial charge in [0.15, 0.2) is 0 Å². The second-order valence-electron chi connectivity index (χ2n) is 4.79. The highest BCUT2D eigenvalue weighted by atomic mass is 16.5. The van der Waals surface area contributed by atoms with Crippen LogP contribution in [0.3, 0.4) is 0 Å². The summed E-state index contributed by atoms with van der Waals surface area (Å²) in [6.45, 7) is 8.43. The molecule has 0 aromatic rings. The maximum atomic E-state index is 8.58. The predicted molar refractivity (Wildman–Crippen MR) is 51.0 cm³/mol. The average Bonchev–Trinajstić information content (AvgIpc) is 1.82. The summed E-state index contributed by atoms with van der Waals surface area (Å²) in [5.41, 5.74) is 8.36. The summed E-state index contributed by atoms with van der Waals surface area (Å²) in [6.07, 6.45) is 1.80. The third kappa shape index (κ3) is 6.58. The zero-order valence-corrected chi connectivity index (χ0v) is 8.59. The second kappa shape index (κ2) is 4.80. The first-order valence-electron chi connectivity index (χ1n) is 4.50. The second-order valence-corrected chi connectivity index (χ2v) is 4.79. The lowest BCUT2D eigenvalue weighted by Crippen LogP contribution is -2.34. The number of hydrogen-bond donors (Lipinski definition) is 3. The first-order chi connectivity index (χ1) is 5.35. The summed E-state index contributed by atoms with van der Waals surface area (Å²) in [5.74, 6) is 0. The molecular weight excluding hydrogens is 152 g/mol. The van der Waals surface area contributed by atoms with Crippen molar-refractivity contribution in [2.45, 2.75) is 52.6 Å². The van der Waals surface area contributed by atoms with E-state index in [1.54, 1.807) is 0 Å². The van der Waals surface area contributed by atoms with Crippen LogP contribution < -0.4 is 11.2 Å². The number of hydrogen-bond acceptors (Lipinski definition) is 3. The molecule has 0 aromatic heterocycles. The maximum absolute atomic E-state index is 8.58. The highest BCUT2D eigenvalue weighted by molar-refractivity contribution is 4.74. The first kappa shape index (κ1) is 11.9. The highest BCUT2D eigenvalue weighted by Crippen LogP contribution is 2.21. The van der Waals surface area contributed by atoms with Gasteiger partial charge in [-0.15, -0.1) is 0 Å². The molecule has 0 aromatic carbocycles. The van der Waals surface area contributed by atoms with Gasteiger partial charge in [-0.25, -0.2) is 5.48 Å². The number of nitrogens with one attached hydrogen (secondary N) is 1. The van der Waals surface area contributed by atoms with Crippen molar-refractivity contribution >= 4 is 0 Å². The summed E-state index contributed by atoms with van der Waals surface area (Å²) in [5, 5.41) is 8.58. The molecule has 2 atom stereocenters. The van der Waals surface area contributed by atoms with Crippen LogP contribution >= 0.6 is 0 Å². The van der Waals surface area contributed by atoms with E-state index in [0.717, 1.165) is 12.8 Å². The number of hydroxylamine groups is 1. The molecule has 0 radical (unpaired) electrons. The van der Waals surface area contributed by atoms with Gasteiger partial charge in [-0.2, -0.15) is 0 Å². The number of rotatable bonds is 4. The fourth-order valence-electron chi connectivity index (χ4n) is 1.38. The molecule has 4 N–H and O–H groups in total. The van der Waals surface area contributed by atoms with Gasteiger partial charge in [0.2, 0.25) is 0 Å². The molecule has 0 aliphatic heterocycles. The van der Waals surface area contributed by atoms with Gasteiger partial charge in [-0.1, -0.05) is 20.8 Å². The lowest BCUT2D eigenvalue weighted by Gasteiger charge is -2.24. The van der Waals surface area contributed by atoms with Crippen LogP contribution in [0.25, 0.3) is 0 Å². The monoisotopic (exact) mass is 174 g/mol. The van der Waals surface area contributed by atoms with E-state index in [4.69, 9.17) is 10.9 Å². The molecule has 74 valence electrons. The maximum Gasteiger partial charge on any atom is 0.0306 e. The zero-order valence-electron chi connectivity index (χ0n) is 8.59. The molecule has 0 amide bonds. The van der Waals surface area contributed by atoms with E-state index in [2.05, 4.69) is 26.3 Å². The molecule has 0 fully saturated rings. The molecule has 0 heterocycles. The van der Waals surface area contributed by atoms with Gasteiger partial charge in [0.1, 0.15) is 0 Å². The topological polar surface area (TPSA) is 58.3 Å². The molecule has 0 saturated heterocycles. The van der Waals surface area contributed by atoms with E-state index in [0.29, 0.717) is 0 Å². The van der Waals surface area contributed by atoms with Gasteiger partial charge in [0.25, 0.3) is 0 Å². The molecule has 3 heteroatoms. The van der Waals surface area contributed by atoms with E-state index in [1.165, 1.54) is 0 Å². The van der Waals surface area contributed by atoms with Crippen LogP contribution in [0, 0.1) is 5.41 Å². The summed E-state index contributed by atoms with van der Waals surface area (Å²) >= 11 is 0. The molecule has 0 rings (SSSR count). The van der Waals surface area contributed by atoms with E-state index in [-0.39, 0.29) is 17.5 Å². The van der Waals surface area contributed by atoms with Gasteiger partial charge in [0.05, 0.1) is 0 Å². The van der Waals surface area contributed by atoms with Gasteiger partial charge in [-0.3, -0.25) is 0 Å². The summed E-state index contributed by atoms with van der Waals surface area (Å²) < 4.78 is 0.